The number of Topliss-reactive ketones (excluding diaryl/α,β-unsaturated/α-hetero) is 2. The third kappa shape index (κ3) is 3.19. The number of fused-ring (bicyclic) bond motifs is 3. The van der Waals surface area contributed by atoms with Crippen LogP contribution in [0.15, 0.2) is 65.1 Å². The van der Waals surface area contributed by atoms with Crippen molar-refractivity contribution in [2.24, 2.45) is 17.6 Å². The molecule has 10 nitrogen and oxygen atoms in total. The number of phenols is 1. The number of aliphatic hydroxyl groups is 4. The lowest BCUT2D eigenvalue weighted by molar-refractivity contribution is -0.149. The molecule has 0 heterocycles. The van der Waals surface area contributed by atoms with Crippen molar-refractivity contribution in [3.05, 3.63) is 76.3 Å². The zero-order valence-electron chi connectivity index (χ0n) is 20.0. The Balaban J connectivity index is 1.78. The van der Waals surface area contributed by atoms with Crippen LogP contribution in [0.25, 0.3) is 11.1 Å². The minimum absolute atomic E-state index is 0.157. The Labute approximate surface area is 211 Å². The minimum Gasteiger partial charge on any atom is -0.510 e. The normalized spacial score (nSPS) is 29.2. The lowest BCUT2D eigenvalue weighted by Crippen LogP contribution is -2.64. The Morgan fingerprint density at radius 1 is 1.05 bits per heavy atom. The third-order valence-electron chi connectivity index (χ3n) is 7.78. The molecule has 5 atom stereocenters. The highest BCUT2D eigenvalue weighted by molar-refractivity contribution is 6.25. The molecule has 0 aromatic heterocycles. The largest absolute Gasteiger partial charge is 0.510 e. The number of aliphatic hydroxyl groups excluding tert-OH is 3. The van der Waals surface area contributed by atoms with Crippen molar-refractivity contribution in [3.63, 3.8) is 0 Å². The first-order chi connectivity index (χ1) is 17.4. The molecule has 1 amide bonds. The van der Waals surface area contributed by atoms with Crippen molar-refractivity contribution >= 4 is 17.5 Å². The standard InChI is InChI=1S/C27H26N2O8/c1-29(2)20-14-10-13-17(24(34)27(14,37)25(35)19(23(20)33)26(28)36)22(32)18-15(30)9-8-12(16(18)21(13)31)11-6-4-3-5-7-11/h3-9,13-14,20-21,30-31,33-34,37H,10H2,1-2H3,(H2,28,36). The fraction of sp³-hybridized carbons (Fsp3) is 0.296. The van der Waals surface area contributed by atoms with Crippen molar-refractivity contribution in [1.29, 1.82) is 0 Å². The molecule has 7 N–H and O–H groups in total. The smallest absolute Gasteiger partial charge is 0.255 e. The van der Waals surface area contributed by atoms with Crippen molar-refractivity contribution in [2.45, 2.75) is 24.2 Å². The van der Waals surface area contributed by atoms with Gasteiger partial charge < -0.3 is 31.3 Å². The number of carbonyl (C=O) groups excluding carboxylic acids is 3. The van der Waals surface area contributed by atoms with Crippen LogP contribution in [0.5, 0.6) is 5.75 Å². The molecule has 2 aromatic carbocycles. The molecule has 10 heteroatoms. The van der Waals surface area contributed by atoms with E-state index >= 15 is 0 Å². The second-order valence-corrected chi connectivity index (χ2v) is 9.90. The fourth-order valence-electron chi connectivity index (χ4n) is 6.16. The molecule has 192 valence electrons. The molecule has 0 fully saturated rings. The Morgan fingerprint density at radius 2 is 1.70 bits per heavy atom. The summed E-state index contributed by atoms with van der Waals surface area (Å²) in [5.41, 5.74) is 2.33. The van der Waals surface area contributed by atoms with Gasteiger partial charge in [0.2, 0.25) is 5.78 Å². The van der Waals surface area contributed by atoms with Crippen LogP contribution in [-0.2, 0) is 9.59 Å². The maximum Gasteiger partial charge on any atom is 0.255 e. The first-order valence-corrected chi connectivity index (χ1v) is 11.7. The van der Waals surface area contributed by atoms with Crippen LogP contribution in [0, 0.1) is 11.8 Å². The van der Waals surface area contributed by atoms with Gasteiger partial charge in [0.05, 0.1) is 17.7 Å². The Hall–Kier alpha value is -3.99. The number of rotatable bonds is 3. The van der Waals surface area contributed by atoms with Crippen molar-refractivity contribution in [3.8, 4) is 16.9 Å². The summed E-state index contributed by atoms with van der Waals surface area (Å²) in [7, 11) is 3.07. The number of amides is 1. The summed E-state index contributed by atoms with van der Waals surface area (Å²) >= 11 is 0. The number of likely N-dealkylation sites (N-methyl/N-ethyl adjacent to an activating group) is 1. The van der Waals surface area contributed by atoms with Gasteiger partial charge in [-0.1, -0.05) is 36.4 Å². The molecule has 2 aromatic rings. The third-order valence-corrected chi connectivity index (χ3v) is 7.78. The lowest BCUT2D eigenvalue weighted by Gasteiger charge is -2.51. The minimum atomic E-state index is -2.77. The van der Waals surface area contributed by atoms with Crippen LogP contribution in [0.2, 0.25) is 0 Å². The van der Waals surface area contributed by atoms with E-state index in [1.165, 1.54) is 25.1 Å². The van der Waals surface area contributed by atoms with Gasteiger partial charge in [0.1, 0.15) is 22.8 Å². The molecular weight excluding hydrogens is 480 g/mol. The fourth-order valence-corrected chi connectivity index (χ4v) is 6.16. The van der Waals surface area contributed by atoms with Crippen molar-refractivity contribution in [2.75, 3.05) is 14.1 Å². The molecule has 5 unspecified atom stereocenters. The molecule has 0 aliphatic heterocycles. The summed E-state index contributed by atoms with van der Waals surface area (Å²) in [6, 6.07) is 10.7. The van der Waals surface area contributed by atoms with Crippen LogP contribution < -0.4 is 5.73 Å². The number of benzene rings is 2. The quantitative estimate of drug-likeness (QED) is 0.334. The number of hydrogen-bond donors (Lipinski definition) is 6. The average molecular weight is 507 g/mol. The summed E-state index contributed by atoms with van der Waals surface area (Å²) in [6.07, 6.45) is -1.63. The molecule has 3 aliphatic carbocycles. The Kier molecular flexibility index (Phi) is 5.52. The molecule has 0 saturated carbocycles. The first-order valence-electron chi connectivity index (χ1n) is 11.7. The Morgan fingerprint density at radius 3 is 2.30 bits per heavy atom. The zero-order valence-corrected chi connectivity index (χ0v) is 20.0. The maximum atomic E-state index is 13.8. The predicted molar refractivity (Wildman–Crippen MR) is 130 cm³/mol. The summed E-state index contributed by atoms with van der Waals surface area (Å²) in [6.45, 7) is 0. The first kappa shape index (κ1) is 24.7. The van der Waals surface area contributed by atoms with E-state index in [0.29, 0.717) is 11.1 Å². The van der Waals surface area contributed by atoms with Crippen LogP contribution >= 0.6 is 0 Å². The van der Waals surface area contributed by atoms with Crippen molar-refractivity contribution in [1.82, 2.24) is 4.90 Å². The monoisotopic (exact) mass is 506 g/mol. The van der Waals surface area contributed by atoms with E-state index in [1.54, 1.807) is 36.4 Å². The number of ketones is 2. The molecule has 37 heavy (non-hydrogen) atoms. The van der Waals surface area contributed by atoms with Gasteiger partial charge in [0.15, 0.2) is 11.4 Å². The maximum absolute atomic E-state index is 13.8. The van der Waals surface area contributed by atoms with Crippen LogP contribution in [0.1, 0.15) is 28.4 Å². The van der Waals surface area contributed by atoms with Crippen LogP contribution in [0.4, 0.5) is 0 Å². The van der Waals surface area contributed by atoms with E-state index in [2.05, 4.69) is 0 Å². The van der Waals surface area contributed by atoms with Gasteiger partial charge in [-0.3, -0.25) is 19.3 Å². The predicted octanol–water partition coefficient (Wildman–Crippen LogP) is 1.28. The molecule has 0 radical (unpaired) electrons. The van der Waals surface area contributed by atoms with E-state index < -0.39 is 75.5 Å². The summed E-state index contributed by atoms with van der Waals surface area (Å²) in [5, 5.41) is 56.0. The van der Waals surface area contributed by atoms with Gasteiger partial charge in [0.25, 0.3) is 5.91 Å². The zero-order chi connectivity index (χ0) is 27.0. The van der Waals surface area contributed by atoms with E-state index in [-0.39, 0.29) is 17.5 Å². The number of phenolic OH excluding ortho intramolecular Hbond substituents is 1. The molecule has 0 saturated heterocycles. The van der Waals surface area contributed by atoms with Gasteiger partial charge in [-0.15, -0.1) is 0 Å². The van der Waals surface area contributed by atoms with E-state index in [0.717, 1.165) is 0 Å². The van der Waals surface area contributed by atoms with Gasteiger partial charge in [0, 0.05) is 23.0 Å². The van der Waals surface area contributed by atoms with Gasteiger partial charge >= 0.3 is 0 Å². The van der Waals surface area contributed by atoms with E-state index in [9.17, 15) is 39.9 Å². The summed E-state index contributed by atoms with van der Waals surface area (Å²) < 4.78 is 0. The molecule has 5 rings (SSSR count). The van der Waals surface area contributed by atoms with Crippen LogP contribution in [-0.4, -0.2) is 73.6 Å². The SMILES string of the molecule is CN(C)C1C(O)=C(C(N)=O)C(=O)C2(O)C(O)=C3C(=O)c4c(O)ccc(-c5ccccc5)c4C(O)C3CC12. The van der Waals surface area contributed by atoms with E-state index in [4.69, 9.17) is 5.73 Å². The number of carbonyl (C=O) groups is 3. The lowest BCUT2D eigenvalue weighted by atomic mass is 9.57. The number of nitrogens with two attached hydrogens (primary N) is 1. The van der Waals surface area contributed by atoms with Gasteiger partial charge in [-0.2, -0.15) is 0 Å². The Bertz CT molecular complexity index is 1430. The average Bonchev–Trinajstić information content (AvgIpc) is 2.84. The second-order valence-electron chi connectivity index (χ2n) is 9.90. The van der Waals surface area contributed by atoms with Gasteiger partial charge in [-0.05, 0) is 37.7 Å². The van der Waals surface area contributed by atoms with Gasteiger partial charge in [-0.25, -0.2) is 0 Å². The van der Waals surface area contributed by atoms with Crippen LogP contribution in [0.3, 0.4) is 0 Å². The number of aromatic hydroxyl groups is 1. The van der Waals surface area contributed by atoms with Crippen molar-refractivity contribution < 1.29 is 39.9 Å². The summed E-state index contributed by atoms with van der Waals surface area (Å²) in [4.78, 5) is 40.6. The summed E-state index contributed by atoms with van der Waals surface area (Å²) in [5.74, 6) is -7.96. The number of nitrogens with zero attached hydrogens (tertiary/aromatic N) is 1. The molecular formula is C27H26N2O8. The highest BCUT2D eigenvalue weighted by Gasteiger charge is 2.64. The topological polar surface area (TPSA) is 182 Å². The van der Waals surface area contributed by atoms with E-state index in [1.807, 2.05) is 0 Å². The molecule has 0 spiro atoms. The number of hydrogen-bond acceptors (Lipinski definition) is 9. The highest BCUT2D eigenvalue weighted by Crippen LogP contribution is 2.56. The molecule has 3 aliphatic rings. The number of primary amides is 1. The second kappa shape index (κ2) is 8.27. The molecule has 0 bridgehead atoms. The highest BCUT2D eigenvalue weighted by atomic mass is 16.3.